The number of aliphatic imine (C=N–C) groups is 1. The van der Waals surface area contributed by atoms with Crippen molar-refractivity contribution in [1.29, 1.82) is 0 Å². The number of aromatic nitrogens is 2. The quantitative estimate of drug-likeness (QED) is 0.398. The van der Waals surface area contributed by atoms with Gasteiger partial charge >= 0.3 is 0 Å². The number of guanidine groups is 1. The first-order valence-corrected chi connectivity index (χ1v) is 7.18. The van der Waals surface area contributed by atoms with Crippen LogP contribution in [0.2, 0.25) is 0 Å². The Morgan fingerprint density at radius 2 is 2.12 bits per heavy atom. The summed E-state index contributed by atoms with van der Waals surface area (Å²) in [7, 11) is 0. The number of hydrogen-bond acceptors (Lipinski definition) is 4. The van der Waals surface area contributed by atoms with E-state index < -0.39 is 24.4 Å². The molecule has 9 heteroatoms. The summed E-state index contributed by atoms with van der Waals surface area (Å²) in [6.07, 6.45) is -1.01. The van der Waals surface area contributed by atoms with E-state index in [1.54, 1.807) is 13.0 Å². The number of hydrogen-bond donors (Lipinski definition) is 5. The maximum Gasteiger partial charge on any atom is 0.280 e. The molecular weight excluding hydrogens is 317 g/mol. The number of aromatic amines is 1. The molecular formula is C15H18FN5O3. The van der Waals surface area contributed by atoms with Gasteiger partial charge < -0.3 is 20.8 Å². The molecule has 0 radical (unpaired) electrons. The smallest absolute Gasteiger partial charge is 0.280 e. The van der Waals surface area contributed by atoms with E-state index in [1.807, 2.05) is 0 Å². The van der Waals surface area contributed by atoms with Gasteiger partial charge in [-0.3, -0.25) is 9.89 Å². The van der Waals surface area contributed by atoms with Crippen molar-refractivity contribution < 1.29 is 19.4 Å². The molecule has 2 rings (SSSR count). The number of carbonyl (C=O) groups is 1. The number of nitrogens with one attached hydrogen (secondary N) is 3. The lowest BCUT2D eigenvalue weighted by molar-refractivity contribution is 0.0974. The second-order valence-corrected chi connectivity index (χ2v) is 5.04. The summed E-state index contributed by atoms with van der Waals surface area (Å²) >= 11 is 0. The van der Waals surface area contributed by atoms with E-state index in [-0.39, 0.29) is 18.1 Å². The van der Waals surface area contributed by atoms with Gasteiger partial charge in [0.15, 0.2) is 0 Å². The minimum atomic E-state index is -1.01. The van der Waals surface area contributed by atoms with Crippen LogP contribution >= 0.6 is 0 Å². The summed E-state index contributed by atoms with van der Waals surface area (Å²) in [6, 6.07) is 6.67. The molecule has 0 bridgehead atoms. The predicted molar refractivity (Wildman–Crippen MR) is 86.2 cm³/mol. The first kappa shape index (κ1) is 17.6. The van der Waals surface area contributed by atoms with Crippen LogP contribution in [0.5, 0.6) is 0 Å². The van der Waals surface area contributed by atoms with Crippen molar-refractivity contribution in [2.24, 2.45) is 4.99 Å². The number of amides is 1. The molecule has 0 aliphatic heterocycles. The van der Waals surface area contributed by atoms with E-state index in [2.05, 4.69) is 25.8 Å². The van der Waals surface area contributed by atoms with Crippen LogP contribution in [-0.2, 0) is 0 Å². The van der Waals surface area contributed by atoms with E-state index in [0.29, 0.717) is 5.82 Å². The summed E-state index contributed by atoms with van der Waals surface area (Å²) in [5.74, 6) is -0.504. The Morgan fingerprint density at radius 3 is 2.71 bits per heavy atom. The molecule has 1 amide bonds. The van der Waals surface area contributed by atoms with Gasteiger partial charge in [0.1, 0.15) is 11.6 Å². The Bertz CT molecular complexity index is 714. The number of anilines is 1. The minimum absolute atomic E-state index is 0.0217. The van der Waals surface area contributed by atoms with Crippen LogP contribution in [0.1, 0.15) is 16.1 Å². The Kier molecular flexibility index (Phi) is 5.99. The third-order valence-electron chi connectivity index (χ3n) is 2.98. The summed E-state index contributed by atoms with van der Waals surface area (Å²) in [6.45, 7) is 1.33. The van der Waals surface area contributed by atoms with E-state index in [1.165, 1.54) is 12.1 Å². The molecule has 1 atom stereocenters. The maximum atomic E-state index is 12.9. The molecule has 0 fully saturated rings. The molecule has 1 unspecified atom stereocenters. The molecule has 24 heavy (non-hydrogen) atoms. The van der Waals surface area contributed by atoms with Crippen LogP contribution in [0.4, 0.5) is 10.2 Å². The predicted octanol–water partition coefficient (Wildman–Crippen LogP) is 0.408. The highest BCUT2D eigenvalue weighted by Crippen LogP contribution is 2.06. The van der Waals surface area contributed by atoms with Gasteiger partial charge in [-0.15, -0.1) is 0 Å². The minimum Gasteiger partial charge on any atom is -0.394 e. The monoisotopic (exact) mass is 335 g/mol. The fourth-order valence-electron chi connectivity index (χ4n) is 1.76. The highest BCUT2D eigenvalue weighted by atomic mass is 19.1. The number of carbonyl (C=O) groups excluding carboxylic acids is 1. The zero-order valence-electron chi connectivity index (χ0n) is 13.0. The van der Waals surface area contributed by atoms with Gasteiger partial charge in [-0.05, 0) is 31.2 Å². The average Bonchev–Trinajstić information content (AvgIpc) is 2.97. The molecule has 0 aliphatic rings. The molecule has 0 saturated heterocycles. The largest absolute Gasteiger partial charge is 0.394 e. The topological polar surface area (TPSA) is 123 Å². The van der Waals surface area contributed by atoms with Gasteiger partial charge in [-0.2, -0.15) is 10.1 Å². The highest BCUT2D eigenvalue weighted by molar-refractivity contribution is 6.06. The fourth-order valence-corrected chi connectivity index (χ4v) is 1.76. The molecule has 1 aromatic heterocycles. The van der Waals surface area contributed by atoms with Crippen LogP contribution in [0.25, 0.3) is 0 Å². The lowest BCUT2D eigenvalue weighted by Crippen LogP contribution is -2.38. The highest BCUT2D eigenvalue weighted by Gasteiger charge is 2.10. The summed E-state index contributed by atoms with van der Waals surface area (Å²) in [5.41, 5.74) is 0.943. The average molecular weight is 335 g/mol. The lowest BCUT2D eigenvalue weighted by atomic mass is 10.2. The number of aliphatic hydroxyl groups excluding tert-OH is 2. The number of halogens is 1. The van der Waals surface area contributed by atoms with Crippen molar-refractivity contribution in [1.82, 2.24) is 15.5 Å². The third-order valence-corrected chi connectivity index (χ3v) is 2.98. The molecule has 8 nitrogen and oxygen atoms in total. The van der Waals surface area contributed by atoms with Gasteiger partial charge in [0.05, 0.1) is 18.4 Å². The van der Waals surface area contributed by atoms with Crippen molar-refractivity contribution in [3.8, 4) is 0 Å². The van der Waals surface area contributed by atoms with Crippen LogP contribution in [0, 0.1) is 12.7 Å². The van der Waals surface area contributed by atoms with Crippen LogP contribution in [0.3, 0.4) is 0 Å². The Hall–Kier alpha value is -2.78. The zero-order valence-corrected chi connectivity index (χ0v) is 13.0. The second kappa shape index (κ2) is 8.18. The molecule has 2 aromatic rings. The van der Waals surface area contributed by atoms with Gasteiger partial charge in [0, 0.05) is 18.2 Å². The number of benzene rings is 1. The number of rotatable bonds is 5. The number of aryl methyl sites for hydroxylation is 1. The Balaban J connectivity index is 2.15. The van der Waals surface area contributed by atoms with Crippen molar-refractivity contribution in [3.05, 3.63) is 47.4 Å². The maximum absolute atomic E-state index is 12.9. The van der Waals surface area contributed by atoms with Crippen molar-refractivity contribution in [3.63, 3.8) is 0 Å². The number of H-pyrrole nitrogens is 1. The molecule has 1 heterocycles. The van der Waals surface area contributed by atoms with Crippen LogP contribution in [0.15, 0.2) is 35.3 Å². The molecule has 5 N–H and O–H groups in total. The first-order valence-electron chi connectivity index (χ1n) is 7.18. The SMILES string of the molecule is Cc1cc(N/C(=N\C(=O)c2ccc(F)cc2)NCC(O)CO)[nH]n1. The Morgan fingerprint density at radius 1 is 1.42 bits per heavy atom. The fraction of sp³-hybridized carbons (Fsp3) is 0.267. The lowest BCUT2D eigenvalue weighted by Gasteiger charge is -2.13. The van der Waals surface area contributed by atoms with Gasteiger partial charge in [-0.1, -0.05) is 0 Å². The van der Waals surface area contributed by atoms with E-state index in [4.69, 9.17) is 5.11 Å². The standard InChI is InChI=1S/C15H18FN5O3/c1-9-6-13(21-20-9)18-15(17-7-12(23)8-22)19-14(24)10-2-4-11(16)5-3-10/h2-6,12,22-23H,7-8H2,1H3,(H3,17,18,19,20,21,24). The van der Waals surface area contributed by atoms with Gasteiger partial charge in [-0.25, -0.2) is 4.39 Å². The van der Waals surface area contributed by atoms with E-state index in [0.717, 1.165) is 17.8 Å². The van der Waals surface area contributed by atoms with E-state index >= 15 is 0 Å². The second-order valence-electron chi connectivity index (χ2n) is 5.04. The van der Waals surface area contributed by atoms with Crippen molar-refractivity contribution in [2.75, 3.05) is 18.5 Å². The van der Waals surface area contributed by atoms with E-state index in [9.17, 15) is 14.3 Å². The van der Waals surface area contributed by atoms with Gasteiger partial charge in [0.25, 0.3) is 5.91 Å². The Labute approximate surface area is 137 Å². The number of nitrogens with zero attached hydrogens (tertiary/aromatic N) is 2. The van der Waals surface area contributed by atoms with Crippen molar-refractivity contribution in [2.45, 2.75) is 13.0 Å². The third kappa shape index (κ3) is 5.14. The van der Waals surface area contributed by atoms with Gasteiger partial charge in [0.2, 0.25) is 5.96 Å². The van der Waals surface area contributed by atoms with Crippen molar-refractivity contribution >= 4 is 17.7 Å². The van der Waals surface area contributed by atoms with Crippen LogP contribution in [-0.4, -0.2) is 51.5 Å². The molecule has 1 aromatic carbocycles. The number of aliphatic hydroxyl groups is 2. The molecule has 0 spiro atoms. The summed E-state index contributed by atoms with van der Waals surface area (Å²) in [4.78, 5) is 16.0. The summed E-state index contributed by atoms with van der Waals surface area (Å²) in [5, 5.41) is 30.5. The normalized spacial score (nSPS) is 12.8. The van der Waals surface area contributed by atoms with Crippen LogP contribution < -0.4 is 10.6 Å². The summed E-state index contributed by atoms with van der Waals surface area (Å²) < 4.78 is 12.9. The zero-order chi connectivity index (χ0) is 17.5. The first-order chi connectivity index (χ1) is 11.5. The molecule has 128 valence electrons. The molecule has 0 saturated carbocycles. The molecule has 0 aliphatic carbocycles.